The number of benzene rings is 2. The lowest BCUT2D eigenvalue weighted by Crippen LogP contribution is -2.03. The summed E-state index contributed by atoms with van der Waals surface area (Å²) in [6.07, 6.45) is 0. The number of rotatable bonds is 5. The highest BCUT2D eigenvalue weighted by molar-refractivity contribution is 9.10. The van der Waals surface area contributed by atoms with Crippen molar-refractivity contribution in [1.29, 1.82) is 0 Å². The zero-order valence-electron chi connectivity index (χ0n) is 11.7. The highest BCUT2D eigenvalue weighted by atomic mass is 79.9. The summed E-state index contributed by atoms with van der Waals surface area (Å²) in [4.78, 5) is 0. The van der Waals surface area contributed by atoms with Gasteiger partial charge >= 0.3 is 0 Å². The first-order valence-corrected chi connectivity index (χ1v) is 7.55. The maximum atomic E-state index is 5.81. The molecular formula is C17H16BrNO2. The van der Waals surface area contributed by atoms with E-state index in [1.54, 1.807) is 7.11 Å². The van der Waals surface area contributed by atoms with Gasteiger partial charge in [0.15, 0.2) is 0 Å². The molecule has 0 fully saturated rings. The number of ether oxygens (including phenoxy) is 1. The van der Waals surface area contributed by atoms with E-state index in [4.69, 9.17) is 9.15 Å². The molecule has 0 aliphatic rings. The number of hydrogen-bond acceptors (Lipinski definition) is 3. The number of hydrogen-bond donors (Lipinski definition) is 1. The number of para-hydroxylation sites is 1. The summed E-state index contributed by atoms with van der Waals surface area (Å²) in [6.45, 7) is 1.20. The second-order valence-electron chi connectivity index (χ2n) is 4.80. The summed E-state index contributed by atoms with van der Waals surface area (Å²) in [7, 11) is 1.70. The highest BCUT2D eigenvalue weighted by Gasteiger charge is 2.08. The first kappa shape index (κ1) is 14.2. The highest BCUT2D eigenvalue weighted by Crippen LogP contribution is 2.26. The van der Waals surface area contributed by atoms with Crippen molar-refractivity contribution in [3.63, 3.8) is 0 Å². The first-order valence-electron chi connectivity index (χ1n) is 6.75. The molecular weight excluding hydrogens is 330 g/mol. The Morgan fingerprint density at radius 1 is 1.14 bits per heavy atom. The topological polar surface area (TPSA) is 34.4 Å². The molecule has 108 valence electrons. The summed E-state index contributed by atoms with van der Waals surface area (Å²) in [5.74, 6) is 0.916. The van der Waals surface area contributed by atoms with Gasteiger partial charge in [-0.15, -0.1) is 0 Å². The largest absolute Gasteiger partial charge is 0.459 e. The second-order valence-corrected chi connectivity index (χ2v) is 5.66. The maximum absolute atomic E-state index is 5.81. The Bertz CT molecular complexity index is 718. The number of methoxy groups -OCH3 is 1. The van der Waals surface area contributed by atoms with Crippen LogP contribution in [0.2, 0.25) is 0 Å². The molecule has 3 nitrogen and oxygen atoms in total. The van der Waals surface area contributed by atoms with Crippen LogP contribution in [0.15, 0.2) is 57.4 Å². The molecule has 3 aromatic rings. The molecule has 4 heteroatoms. The normalized spacial score (nSPS) is 11.0. The van der Waals surface area contributed by atoms with E-state index < -0.39 is 0 Å². The zero-order chi connectivity index (χ0) is 14.7. The van der Waals surface area contributed by atoms with Crippen molar-refractivity contribution < 1.29 is 9.15 Å². The van der Waals surface area contributed by atoms with Crippen LogP contribution in [-0.2, 0) is 17.9 Å². The van der Waals surface area contributed by atoms with Crippen molar-refractivity contribution >= 4 is 32.6 Å². The third kappa shape index (κ3) is 3.12. The average molecular weight is 346 g/mol. The Morgan fingerprint density at radius 3 is 2.81 bits per heavy atom. The van der Waals surface area contributed by atoms with Crippen molar-refractivity contribution in [2.45, 2.75) is 13.2 Å². The molecule has 3 rings (SSSR count). The Morgan fingerprint density at radius 2 is 2.00 bits per heavy atom. The standard InChI is InChI=1S/C17H16BrNO2/c1-20-11-14-15(18)6-4-7-16(14)19-10-13-9-12-5-2-3-8-17(12)21-13/h2-9,19H,10-11H2,1H3. The van der Waals surface area contributed by atoms with E-state index in [1.165, 1.54) is 0 Å². The summed E-state index contributed by atoms with van der Waals surface area (Å²) >= 11 is 3.56. The summed E-state index contributed by atoms with van der Waals surface area (Å²) < 4.78 is 12.1. The van der Waals surface area contributed by atoms with Gasteiger partial charge in [-0.1, -0.05) is 40.2 Å². The lowest BCUT2D eigenvalue weighted by Gasteiger charge is -2.12. The molecule has 0 bridgehead atoms. The molecule has 0 unspecified atom stereocenters. The number of fused-ring (bicyclic) bond motifs is 1. The van der Waals surface area contributed by atoms with E-state index in [-0.39, 0.29) is 0 Å². The van der Waals surface area contributed by atoms with Crippen LogP contribution in [0.5, 0.6) is 0 Å². The Balaban J connectivity index is 1.79. The molecule has 0 amide bonds. The van der Waals surface area contributed by atoms with Gasteiger partial charge in [0.2, 0.25) is 0 Å². The third-order valence-corrected chi connectivity index (χ3v) is 4.08. The van der Waals surface area contributed by atoms with E-state index >= 15 is 0 Å². The predicted octanol–water partition coefficient (Wildman–Crippen LogP) is 4.95. The van der Waals surface area contributed by atoms with Gasteiger partial charge in [-0.25, -0.2) is 0 Å². The number of nitrogens with one attached hydrogen (secondary N) is 1. The number of furan rings is 1. The lowest BCUT2D eigenvalue weighted by molar-refractivity contribution is 0.185. The molecule has 0 radical (unpaired) electrons. The molecule has 0 aliphatic carbocycles. The lowest BCUT2D eigenvalue weighted by atomic mass is 10.2. The van der Waals surface area contributed by atoms with Crippen LogP contribution in [0.4, 0.5) is 5.69 Å². The van der Waals surface area contributed by atoms with Crippen LogP contribution in [0.25, 0.3) is 11.0 Å². The van der Waals surface area contributed by atoms with Crippen LogP contribution in [0.1, 0.15) is 11.3 Å². The Hall–Kier alpha value is -1.78. The van der Waals surface area contributed by atoms with Gasteiger partial charge in [0.1, 0.15) is 11.3 Å². The fourth-order valence-electron chi connectivity index (χ4n) is 2.32. The van der Waals surface area contributed by atoms with Crippen molar-refractivity contribution in [2.24, 2.45) is 0 Å². The van der Waals surface area contributed by atoms with Crippen LogP contribution >= 0.6 is 15.9 Å². The van der Waals surface area contributed by atoms with E-state index in [1.807, 2.05) is 36.4 Å². The molecule has 0 aliphatic heterocycles. The van der Waals surface area contributed by atoms with Gasteiger partial charge in [0.25, 0.3) is 0 Å². The third-order valence-electron chi connectivity index (χ3n) is 3.34. The van der Waals surface area contributed by atoms with Crippen molar-refractivity contribution in [1.82, 2.24) is 0 Å². The molecule has 0 spiro atoms. The van der Waals surface area contributed by atoms with Crippen LogP contribution in [0, 0.1) is 0 Å². The minimum Gasteiger partial charge on any atom is -0.459 e. The SMILES string of the molecule is COCc1c(Br)cccc1NCc1cc2ccccc2o1. The van der Waals surface area contributed by atoms with Gasteiger partial charge < -0.3 is 14.5 Å². The minimum atomic E-state index is 0.559. The van der Waals surface area contributed by atoms with Gasteiger partial charge in [0, 0.05) is 28.2 Å². The minimum absolute atomic E-state index is 0.559. The Kier molecular flexibility index (Phi) is 4.27. The van der Waals surface area contributed by atoms with E-state index in [9.17, 15) is 0 Å². The van der Waals surface area contributed by atoms with Gasteiger partial charge in [0.05, 0.1) is 13.2 Å². The quantitative estimate of drug-likeness (QED) is 0.710. The molecule has 2 aromatic carbocycles. The molecule has 21 heavy (non-hydrogen) atoms. The van der Waals surface area contributed by atoms with Crippen LogP contribution in [0.3, 0.4) is 0 Å². The van der Waals surface area contributed by atoms with E-state index in [2.05, 4.69) is 33.4 Å². The van der Waals surface area contributed by atoms with Gasteiger partial charge in [-0.3, -0.25) is 0 Å². The number of anilines is 1. The maximum Gasteiger partial charge on any atom is 0.134 e. The van der Waals surface area contributed by atoms with Crippen LogP contribution in [-0.4, -0.2) is 7.11 Å². The predicted molar refractivity (Wildman–Crippen MR) is 88.4 cm³/mol. The molecule has 0 saturated carbocycles. The van der Waals surface area contributed by atoms with Gasteiger partial charge in [-0.2, -0.15) is 0 Å². The first-order chi connectivity index (χ1) is 10.3. The molecule has 1 heterocycles. The summed E-state index contributed by atoms with van der Waals surface area (Å²) in [5, 5.41) is 4.54. The Labute approximate surface area is 132 Å². The second kappa shape index (κ2) is 6.33. The zero-order valence-corrected chi connectivity index (χ0v) is 13.3. The smallest absolute Gasteiger partial charge is 0.134 e. The summed E-state index contributed by atoms with van der Waals surface area (Å²) in [5.41, 5.74) is 3.07. The van der Waals surface area contributed by atoms with Crippen molar-refractivity contribution in [2.75, 3.05) is 12.4 Å². The molecule has 1 N–H and O–H groups in total. The monoisotopic (exact) mass is 345 g/mol. The fraction of sp³-hybridized carbons (Fsp3) is 0.176. The summed E-state index contributed by atoms with van der Waals surface area (Å²) in [6, 6.07) is 16.2. The molecule has 0 atom stereocenters. The molecule has 0 saturated heterocycles. The number of halogens is 1. The van der Waals surface area contributed by atoms with Crippen molar-refractivity contribution in [3.8, 4) is 0 Å². The van der Waals surface area contributed by atoms with Gasteiger partial charge in [-0.05, 0) is 24.3 Å². The molecule has 1 aromatic heterocycles. The van der Waals surface area contributed by atoms with E-state index in [0.717, 1.165) is 32.5 Å². The average Bonchev–Trinajstić information content (AvgIpc) is 2.91. The fourth-order valence-corrected chi connectivity index (χ4v) is 2.80. The van der Waals surface area contributed by atoms with Crippen LogP contribution < -0.4 is 5.32 Å². The van der Waals surface area contributed by atoms with E-state index in [0.29, 0.717) is 13.2 Å². The van der Waals surface area contributed by atoms with Crippen molar-refractivity contribution in [3.05, 3.63) is 64.3 Å².